The Kier molecular flexibility index (Phi) is 4.47. The molecule has 2 atom stereocenters. The number of rotatable bonds is 3. The molecule has 0 spiro atoms. The Bertz CT molecular complexity index is 613. The van der Waals surface area contributed by atoms with Crippen LogP contribution in [0, 0.1) is 19.8 Å². The molecule has 0 aromatic heterocycles. The van der Waals surface area contributed by atoms with Gasteiger partial charge in [0.25, 0.3) is 0 Å². The van der Waals surface area contributed by atoms with Gasteiger partial charge in [0.15, 0.2) is 0 Å². The molecular formula is C15H22ClNO2S. The lowest BCUT2D eigenvalue weighted by atomic mass is 10.1. The molecule has 0 amide bonds. The first-order valence-corrected chi connectivity index (χ1v) is 8.92. The summed E-state index contributed by atoms with van der Waals surface area (Å²) in [4.78, 5) is 0.403. The van der Waals surface area contributed by atoms with Gasteiger partial charge in [-0.3, -0.25) is 0 Å². The van der Waals surface area contributed by atoms with Crippen LogP contribution < -0.4 is 0 Å². The van der Waals surface area contributed by atoms with Gasteiger partial charge in [0.2, 0.25) is 10.0 Å². The summed E-state index contributed by atoms with van der Waals surface area (Å²) in [6, 6.07) is 3.72. The minimum Gasteiger partial charge on any atom is -0.207 e. The average molecular weight is 316 g/mol. The van der Waals surface area contributed by atoms with E-state index in [4.69, 9.17) is 11.6 Å². The van der Waals surface area contributed by atoms with Crippen molar-refractivity contribution in [1.82, 2.24) is 4.31 Å². The third kappa shape index (κ3) is 2.74. The summed E-state index contributed by atoms with van der Waals surface area (Å²) in [5.41, 5.74) is 2.72. The lowest BCUT2D eigenvalue weighted by Crippen LogP contribution is -2.34. The summed E-state index contributed by atoms with van der Waals surface area (Å²) < 4.78 is 27.4. The van der Waals surface area contributed by atoms with Crippen molar-refractivity contribution < 1.29 is 8.42 Å². The molecule has 1 heterocycles. The molecule has 1 aliphatic rings. The highest BCUT2D eigenvalue weighted by Gasteiger charge is 2.36. The summed E-state index contributed by atoms with van der Waals surface area (Å²) >= 11 is 5.91. The zero-order valence-corrected chi connectivity index (χ0v) is 14.1. The highest BCUT2D eigenvalue weighted by Crippen LogP contribution is 2.31. The molecular weight excluding hydrogens is 294 g/mol. The third-order valence-corrected chi connectivity index (χ3v) is 6.50. The highest BCUT2D eigenvalue weighted by molar-refractivity contribution is 7.89. The van der Waals surface area contributed by atoms with Crippen molar-refractivity contribution in [2.24, 2.45) is 5.92 Å². The Morgan fingerprint density at radius 1 is 1.25 bits per heavy atom. The van der Waals surface area contributed by atoms with Crippen molar-refractivity contribution in [3.05, 3.63) is 28.8 Å². The average Bonchev–Trinajstić information content (AvgIpc) is 2.69. The summed E-state index contributed by atoms with van der Waals surface area (Å²) in [5, 5.41) is 0. The second-order valence-electron chi connectivity index (χ2n) is 5.94. The van der Waals surface area contributed by atoms with Gasteiger partial charge in [0, 0.05) is 18.5 Å². The van der Waals surface area contributed by atoms with Crippen LogP contribution in [0.4, 0.5) is 0 Å². The van der Waals surface area contributed by atoms with Crippen LogP contribution in [0.1, 0.15) is 37.0 Å². The summed E-state index contributed by atoms with van der Waals surface area (Å²) in [6.45, 7) is 8.49. The van der Waals surface area contributed by atoms with Crippen molar-refractivity contribution in [2.45, 2.75) is 50.9 Å². The van der Waals surface area contributed by atoms with E-state index in [1.807, 2.05) is 26.8 Å². The van der Waals surface area contributed by atoms with Gasteiger partial charge in [-0.25, -0.2) is 8.42 Å². The van der Waals surface area contributed by atoms with E-state index in [0.29, 0.717) is 23.2 Å². The monoisotopic (exact) mass is 315 g/mol. The molecule has 0 N–H and O–H groups in total. The van der Waals surface area contributed by atoms with E-state index in [0.717, 1.165) is 23.1 Å². The van der Waals surface area contributed by atoms with Crippen LogP contribution in [0.15, 0.2) is 17.0 Å². The molecule has 1 fully saturated rings. The largest absolute Gasteiger partial charge is 0.243 e. The number of halogens is 1. The first-order valence-electron chi connectivity index (χ1n) is 6.95. The minimum atomic E-state index is -3.43. The lowest BCUT2D eigenvalue weighted by Gasteiger charge is -2.23. The number of aryl methyl sites for hydroxylation is 2. The number of sulfonamides is 1. The molecule has 1 aromatic carbocycles. The van der Waals surface area contributed by atoms with Crippen LogP contribution in [0.3, 0.4) is 0 Å². The number of nitrogens with zero attached hydrogens (tertiary/aromatic N) is 1. The molecule has 0 saturated carbocycles. The maximum absolute atomic E-state index is 12.9. The normalized spacial score (nSPS) is 24.2. The molecule has 2 unspecified atom stereocenters. The number of hydrogen-bond acceptors (Lipinski definition) is 2. The van der Waals surface area contributed by atoms with Crippen LogP contribution in [-0.2, 0) is 15.9 Å². The Balaban J connectivity index is 2.49. The molecule has 1 aromatic rings. The fourth-order valence-corrected chi connectivity index (χ4v) is 5.33. The van der Waals surface area contributed by atoms with Gasteiger partial charge < -0.3 is 0 Å². The first kappa shape index (κ1) is 15.8. The number of benzene rings is 1. The predicted octanol–water partition coefficient (Wildman–Crippen LogP) is 3.46. The van der Waals surface area contributed by atoms with Crippen LogP contribution in [-0.4, -0.2) is 25.3 Å². The maximum Gasteiger partial charge on any atom is 0.243 e. The van der Waals surface area contributed by atoms with Crippen LogP contribution in [0.2, 0.25) is 0 Å². The Morgan fingerprint density at radius 3 is 2.40 bits per heavy atom. The van der Waals surface area contributed by atoms with Gasteiger partial charge in [-0.2, -0.15) is 4.31 Å². The Hall–Kier alpha value is -0.580. The SMILES string of the molecule is Cc1cc(C)c(S(=O)(=O)N2CC(C)CC2C)cc1CCl. The van der Waals surface area contributed by atoms with Gasteiger partial charge in [-0.15, -0.1) is 11.6 Å². The molecule has 1 saturated heterocycles. The van der Waals surface area contributed by atoms with Gasteiger partial charge in [0.05, 0.1) is 4.90 Å². The molecule has 1 aliphatic heterocycles. The summed E-state index contributed by atoms with van der Waals surface area (Å²) in [5.74, 6) is 0.749. The van der Waals surface area contributed by atoms with Gasteiger partial charge in [-0.1, -0.05) is 13.0 Å². The van der Waals surface area contributed by atoms with Crippen molar-refractivity contribution >= 4 is 21.6 Å². The molecule has 20 heavy (non-hydrogen) atoms. The van der Waals surface area contributed by atoms with E-state index in [1.165, 1.54) is 0 Å². The van der Waals surface area contributed by atoms with E-state index in [-0.39, 0.29) is 6.04 Å². The zero-order chi connectivity index (χ0) is 15.1. The fourth-order valence-electron chi connectivity index (χ4n) is 3.02. The van der Waals surface area contributed by atoms with Crippen LogP contribution in [0.25, 0.3) is 0 Å². The smallest absolute Gasteiger partial charge is 0.207 e. The third-order valence-electron chi connectivity index (χ3n) is 4.09. The zero-order valence-electron chi connectivity index (χ0n) is 12.5. The molecule has 2 rings (SSSR count). The van der Waals surface area contributed by atoms with E-state index in [9.17, 15) is 8.42 Å². The van der Waals surface area contributed by atoms with E-state index >= 15 is 0 Å². The topological polar surface area (TPSA) is 37.4 Å². The fraction of sp³-hybridized carbons (Fsp3) is 0.600. The second-order valence-corrected chi connectivity index (χ2v) is 8.07. The molecule has 0 bridgehead atoms. The minimum absolute atomic E-state index is 0.0650. The molecule has 3 nitrogen and oxygen atoms in total. The van der Waals surface area contributed by atoms with Gasteiger partial charge in [0.1, 0.15) is 0 Å². The van der Waals surface area contributed by atoms with Crippen molar-refractivity contribution in [3.8, 4) is 0 Å². The summed E-state index contributed by atoms with van der Waals surface area (Å²) in [7, 11) is -3.43. The first-order chi connectivity index (χ1) is 9.27. The number of alkyl halides is 1. The van der Waals surface area contributed by atoms with Crippen molar-refractivity contribution in [1.29, 1.82) is 0 Å². The number of hydrogen-bond donors (Lipinski definition) is 0. The predicted molar refractivity (Wildman–Crippen MR) is 82.6 cm³/mol. The van der Waals surface area contributed by atoms with Crippen molar-refractivity contribution in [2.75, 3.05) is 6.54 Å². The van der Waals surface area contributed by atoms with Gasteiger partial charge >= 0.3 is 0 Å². The van der Waals surface area contributed by atoms with E-state index in [2.05, 4.69) is 6.92 Å². The standard InChI is InChI=1S/C15H22ClNO2S/c1-10-5-13(4)17(9-10)20(18,19)15-7-14(8-16)11(2)6-12(15)3/h6-7,10,13H,5,8-9H2,1-4H3. The summed E-state index contributed by atoms with van der Waals surface area (Å²) in [6.07, 6.45) is 0.923. The maximum atomic E-state index is 12.9. The molecule has 0 radical (unpaired) electrons. The lowest BCUT2D eigenvalue weighted by molar-refractivity contribution is 0.405. The van der Waals surface area contributed by atoms with E-state index in [1.54, 1.807) is 10.4 Å². The highest BCUT2D eigenvalue weighted by atomic mass is 35.5. The quantitative estimate of drug-likeness (QED) is 0.801. The molecule has 5 heteroatoms. The second kappa shape index (κ2) is 5.66. The Labute approximate surface area is 127 Å². The van der Waals surface area contributed by atoms with Crippen LogP contribution >= 0.6 is 11.6 Å². The van der Waals surface area contributed by atoms with Crippen LogP contribution in [0.5, 0.6) is 0 Å². The molecule has 0 aliphatic carbocycles. The van der Waals surface area contributed by atoms with E-state index < -0.39 is 10.0 Å². The Morgan fingerprint density at radius 2 is 1.90 bits per heavy atom. The molecule has 112 valence electrons. The van der Waals surface area contributed by atoms with Crippen molar-refractivity contribution in [3.63, 3.8) is 0 Å². The van der Waals surface area contributed by atoms with Gasteiger partial charge in [-0.05, 0) is 55.9 Å².